The van der Waals surface area contributed by atoms with Gasteiger partial charge in [-0.05, 0) is 27.7 Å². The molecule has 17 heteroatoms. The van der Waals surface area contributed by atoms with Crippen LogP contribution >= 0.6 is 0 Å². The smallest absolute Gasteiger partial charge is 0.187 e. The standard InChI is InChI=1S/C26H46O17/c1-7-11(27)13(29)21(23(34)37-7)43-25-17(33)20(12(28)8(2)38-25)42-26-22(36-6)16(32)19(10(4)40-26)41-24-15(31)14(30)18(35-5)9(3)39-24/h7-34H,1-6H3/t7-,8-,9-,10-,11+,12-,13+,14-,15+,16+,17+,18-,19+,20+,21+,22-,23+,24-,25-,26-/m0/s1. The summed E-state index contributed by atoms with van der Waals surface area (Å²) in [6, 6.07) is 0. The summed E-state index contributed by atoms with van der Waals surface area (Å²) in [6.45, 7) is 6.10. The molecule has 4 fully saturated rings. The van der Waals surface area contributed by atoms with Crippen molar-refractivity contribution < 1.29 is 83.5 Å². The Bertz CT molecular complexity index is 885. The lowest BCUT2D eigenvalue weighted by Crippen LogP contribution is -2.66. The summed E-state index contributed by atoms with van der Waals surface area (Å²) in [5.41, 5.74) is 0. The van der Waals surface area contributed by atoms with Crippen molar-refractivity contribution in [2.24, 2.45) is 0 Å². The minimum absolute atomic E-state index is 0.651. The largest absolute Gasteiger partial charge is 0.388 e. The van der Waals surface area contributed by atoms with Crippen LogP contribution in [0.3, 0.4) is 0 Å². The van der Waals surface area contributed by atoms with Gasteiger partial charge in [-0.1, -0.05) is 0 Å². The summed E-state index contributed by atoms with van der Waals surface area (Å²) in [5, 5.41) is 84.9. The van der Waals surface area contributed by atoms with Crippen molar-refractivity contribution in [2.45, 2.75) is 151 Å². The average Bonchev–Trinajstić information content (AvgIpc) is 2.95. The number of aliphatic hydroxyl groups excluding tert-OH is 8. The lowest BCUT2D eigenvalue weighted by atomic mass is 9.96. The maximum Gasteiger partial charge on any atom is 0.187 e. The van der Waals surface area contributed by atoms with Gasteiger partial charge in [-0.2, -0.15) is 0 Å². The zero-order chi connectivity index (χ0) is 31.9. The fourth-order valence-electron chi connectivity index (χ4n) is 5.89. The first-order valence-electron chi connectivity index (χ1n) is 14.3. The third-order valence-electron chi connectivity index (χ3n) is 8.53. The van der Waals surface area contributed by atoms with Gasteiger partial charge in [0.25, 0.3) is 0 Å². The van der Waals surface area contributed by atoms with Gasteiger partial charge in [-0.25, -0.2) is 0 Å². The Balaban J connectivity index is 1.44. The van der Waals surface area contributed by atoms with Crippen molar-refractivity contribution in [2.75, 3.05) is 14.2 Å². The summed E-state index contributed by atoms with van der Waals surface area (Å²) in [5.74, 6) is 0. The van der Waals surface area contributed by atoms with Crippen molar-refractivity contribution in [1.29, 1.82) is 0 Å². The van der Waals surface area contributed by atoms with E-state index in [1.807, 2.05) is 0 Å². The Hall–Kier alpha value is -0.680. The molecule has 0 aromatic rings. The Labute approximate surface area is 248 Å². The molecule has 4 aliphatic heterocycles. The predicted octanol–water partition coefficient (Wildman–Crippen LogP) is -4.33. The number of rotatable bonds is 8. The molecule has 4 rings (SSSR count). The van der Waals surface area contributed by atoms with Crippen molar-refractivity contribution >= 4 is 0 Å². The maximum atomic E-state index is 11.2. The molecule has 0 radical (unpaired) electrons. The van der Waals surface area contributed by atoms with E-state index in [0.717, 1.165) is 0 Å². The molecule has 0 unspecified atom stereocenters. The van der Waals surface area contributed by atoms with Gasteiger partial charge >= 0.3 is 0 Å². The summed E-state index contributed by atoms with van der Waals surface area (Å²) < 4.78 is 50.4. The van der Waals surface area contributed by atoms with E-state index in [1.165, 1.54) is 28.1 Å². The molecule has 4 aliphatic rings. The maximum absolute atomic E-state index is 11.2. The Kier molecular flexibility index (Phi) is 11.8. The molecule has 0 aliphatic carbocycles. The number of ether oxygens (including phenoxy) is 9. The highest BCUT2D eigenvalue weighted by Gasteiger charge is 2.54. The summed E-state index contributed by atoms with van der Waals surface area (Å²) in [4.78, 5) is 0. The van der Waals surface area contributed by atoms with E-state index in [-0.39, 0.29) is 0 Å². The first-order valence-corrected chi connectivity index (χ1v) is 14.3. The zero-order valence-electron chi connectivity index (χ0n) is 24.8. The molecule has 0 saturated carbocycles. The van der Waals surface area contributed by atoms with Crippen LogP contribution in [-0.2, 0) is 42.6 Å². The van der Waals surface area contributed by atoms with Crippen LogP contribution in [0, 0.1) is 0 Å². The zero-order valence-corrected chi connectivity index (χ0v) is 24.8. The van der Waals surface area contributed by atoms with Crippen molar-refractivity contribution in [3.63, 3.8) is 0 Å². The second kappa shape index (κ2) is 14.4. The highest BCUT2D eigenvalue weighted by molar-refractivity contribution is 4.96. The monoisotopic (exact) mass is 630 g/mol. The third kappa shape index (κ3) is 7.03. The Morgan fingerprint density at radius 2 is 0.837 bits per heavy atom. The molecule has 0 spiro atoms. The molecule has 4 heterocycles. The van der Waals surface area contributed by atoms with Gasteiger partial charge < -0.3 is 83.5 Å². The van der Waals surface area contributed by atoms with Gasteiger partial charge in [0.1, 0.15) is 73.2 Å². The van der Waals surface area contributed by atoms with Gasteiger partial charge in [0, 0.05) is 14.2 Å². The van der Waals surface area contributed by atoms with Crippen LogP contribution < -0.4 is 0 Å². The van der Waals surface area contributed by atoms with E-state index in [4.69, 9.17) is 42.6 Å². The second-order valence-corrected chi connectivity index (χ2v) is 11.5. The van der Waals surface area contributed by atoms with E-state index in [0.29, 0.717) is 0 Å². The SMILES string of the molecule is CO[C@@H]1[C@H](O[C@@H]2[C@@H](O)[C@H](C)O[C@@H](O[C@@H]3[C@H](O)[C@H](O)[C@H](C)O[C@H]3O)[C@@H]2O)O[C@@H](C)[C@@H](O[C@@H]2O[C@@H](C)[C@H](OC)[C@@H](O)[C@H]2O)[C@H]1O. The van der Waals surface area contributed by atoms with Crippen LogP contribution in [0.15, 0.2) is 0 Å². The molecule has 0 aromatic carbocycles. The molecule has 4 saturated heterocycles. The van der Waals surface area contributed by atoms with E-state index >= 15 is 0 Å². The molecule has 8 N–H and O–H groups in total. The second-order valence-electron chi connectivity index (χ2n) is 11.5. The first kappa shape index (κ1) is 35.2. The van der Waals surface area contributed by atoms with Crippen LogP contribution in [-0.4, -0.2) is 178 Å². The minimum atomic E-state index is -1.72. The Morgan fingerprint density at radius 3 is 1.47 bits per heavy atom. The quantitative estimate of drug-likeness (QED) is 0.126. The Morgan fingerprint density at radius 1 is 0.372 bits per heavy atom. The van der Waals surface area contributed by atoms with Crippen LogP contribution in [0.25, 0.3) is 0 Å². The lowest BCUT2D eigenvalue weighted by molar-refractivity contribution is -0.386. The average molecular weight is 631 g/mol. The van der Waals surface area contributed by atoms with Gasteiger partial charge in [-0.3, -0.25) is 0 Å². The molecule has 43 heavy (non-hydrogen) atoms. The van der Waals surface area contributed by atoms with Crippen molar-refractivity contribution in [1.82, 2.24) is 0 Å². The highest BCUT2D eigenvalue weighted by atomic mass is 16.8. The van der Waals surface area contributed by atoms with Crippen molar-refractivity contribution in [3.8, 4) is 0 Å². The summed E-state index contributed by atoms with van der Waals surface area (Å²) in [6.07, 6.45) is -25.9. The van der Waals surface area contributed by atoms with E-state index in [9.17, 15) is 40.9 Å². The third-order valence-corrected chi connectivity index (χ3v) is 8.53. The number of methoxy groups -OCH3 is 2. The lowest BCUT2D eigenvalue weighted by Gasteiger charge is -2.49. The van der Waals surface area contributed by atoms with Crippen LogP contribution in [0.5, 0.6) is 0 Å². The number of hydrogen-bond donors (Lipinski definition) is 8. The normalized spacial score (nSPS) is 54.8. The predicted molar refractivity (Wildman–Crippen MR) is 138 cm³/mol. The van der Waals surface area contributed by atoms with Gasteiger partial charge in [-0.15, -0.1) is 0 Å². The molecule has 20 atom stereocenters. The van der Waals surface area contributed by atoms with Crippen molar-refractivity contribution in [3.05, 3.63) is 0 Å². The molecule has 0 bridgehead atoms. The van der Waals surface area contributed by atoms with Gasteiger partial charge in [0.15, 0.2) is 25.2 Å². The van der Waals surface area contributed by atoms with Gasteiger partial charge in [0.2, 0.25) is 0 Å². The number of aliphatic hydroxyl groups is 8. The fraction of sp³-hybridized carbons (Fsp3) is 1.00. The molecular weight excluding hydrogens is 584 g/mol. The summed E-state index contributed by atoms with van der Waals surface area (Å²) >= 11 is 0. The summed E-state index contributed by atoms with van der Waals surface area (Å²) in [7, 11) is 2.64. The molecular formula is C26H46O17. The topological polar surface area (TPSA) is 245 Å². The van der Waals surface area contributed by atoms with E-state index in [1.54, 1.807) is 13.8 Å². The van der Waals surface area contributed by atoms with Crippen LogP contribution in [0.4, 0.5) is 0 Å². The molecule has 0 amide bonds. The highest BCUT2D eigenvalue weighted by Crippen LogP contribution is 2.34. The first-order chi connectivity index (χ1) is 20.2. The molecule has 17 nitrogen and oxygen atoms in total. The molecule has 252 valence electrons. The van der Waals surface area contributed by atoms with Gasteiger partial charge in [0.05, 0.1) is 24.4 Å². The van der Waals surface area contributed by atoms with Crippen LogP contribution in [0.2, 0.25) is 0 Å². The van der Waals surface area contributed by atoms with E-state index in [2.05, 4.69) is 0 Å². The fourth-order valence-corrected chi connectivity index (χ4v) is 5.89. The number of hydrogen-bond acceptors (Lipinski definition) is 17. The van der Waals surface area contributed by atoms with E-state index < -0.39 is 123 Å². The minimum Gasteiger partial charge on any atom is -0.388 e. The van der Waals surface area contributed by atoms with Crippen LogP contribution in [0.1, 0.15) is 27.7 Å². The molecule has 0 aromatic heterocycles.